The lowest BCUT2D eigenvalue weighted by molar-refractivity contribution is 0.0691. The number of nitrogens with one attached hydrogen (secondary N) is 1. The van der Waals surface area contributed by atoms with Gasteiger partial charge in [-0.15, -0.1) is 0 Å². The summed E-state index contributed by atoms with van der Waals surface area (Å²) in [6, 6.07) is 9.72. The number of para-hydroxylation sites is 1. The van der Waals surface area contributed by atoms with Crippen molar-refractivity contribution in [2.24, 2.45) is 5.92 Å². The van der Waals surface area contributed by atoms with E-state index in [-0.39, 0.29) is 5.91 Å². The van der Waals surface area contributed by atoms with E-state index in [2.05, 4.69) is 22.2 Å². The van der Waals surface area contributed by atoms with Crippen LogP contribution in [0.1, 0.15) is 41.5 Å². The number of ether oxygens (including phenoxy) is 1. The molecule has 27 heavy (non-hydrogen) atoms. The van der Waals surface area contributed by atoms with E-state index in [0.29, 0.717) is 24.1 Å². The third-order valence-electron chi connectivity index (χ3n) is 5.01. The van der Waals surface area contributed by atoms with Crippen molar-refractivity contribution >= 4 is 11.9 Å². The predicted octanol–water partition coefficient (Wildman–Crippen LogP) is 3.32. The first kappa shape index (κ1) is 19.1. The average Bonchev–Trinajstić information content (AvgIpc) is 2.68. The zero-order chi connectivity index (χ0) is 19.2. The number of methoxy groups -OCH3 is 1. The molecule has 0 aliphatic carbocycles. The Labute approximate surface area is 161 Å². The Hall–Kier alpha value is -2.63. The first-order valence-electron chi connectivity index (χ1n) is 9.57. The second kappa shape index (κ2) is 8.84. The van der Waals surface area contributed by atoms with Crippen molar-refractivity contribution < 1.29 is 9.53 Å². The van der Waals surface area contributed by atoms with Crippen molar-refractivity contribution in [2.45, 2.75) is 33.1 Å². The van der Waals surface area contributed by atoms with Crippen LogP contribution < -0.4 is 10.1 Å². The van der Waals surface area contributed by atoms with Crippen LogP contribution in [0.4, 0.5) is 5.95 Å². The summed E-state index contributed by atoms with van der Waals surface area (Å²) in [4.78, 5) is 23.6. The first-order chi connectivity index (χ1) is 13.1. The molecular weight excluding hydrogens is 340 g/mol. The molecule has 6 heteroatoms. The summed E-state index contributed by atoms with van der Waals surface area (Å²) in [5, 5.41) is 3.24. The molecule has 0 atom stereocenters. The van der Waals surface area contributed by atoms with Crippen LogP contribution in [0.25, 0.3) is 0 Å². The minimum absolute atomic E-state index is 0.000165. The van der Waals surface area contributed by atoms with Gasteiger partial charge in [0.2, 0.25) is 5.95 Å². The lowest BCUT2D eigenvalue weighted by Gasteiger charge is -2.30. The van der Waals surface area contributed by atoms with Gasteiger partial charge in [0.1, 0.15) is 11.4 Å². The number of hydrogen-bond acceptors (Lipinski definition) is 5. The SMILES string of the molecule is COc1ccccc1CCNc1nc(C)cc(C(=O)N2CCC(C)CC2)n1. The summed E-state index contributed by atoms with van der Waals surface area (Å²) in [5.74, 6) is 2.06. The fourth-order valence-electron chi connectivity index (χ4n) is 3.35. The summed E-state index contributed by atoms with van der Waals surface area (Å²) in [5.41, 5.74) is 2.38. The Kier molecular flexibility index (Phi) is 6.27. The van der Waals surface area contributed by atoms with Crippen LogP contribution in [0, 0.1) is 12.8 Å². The molecule has 144 valence electrons. The topological polar surface area (TPSA) is 67.3 Å². The molecule has 6 nitrogen and oxygen atoms in total. The first-order valence-corrected chi connectivity index (χ1v) is 9.57. The van der Waals surface area contributed by atoms with Crippen LogP contribution in [0.3, 0.4) is 0 Å². The second-order valence-electron chi connectivity index (χ2n) is 7.18. The van der Waals surface area contributed by atoms with Gasteiger partial charge in [-0.2, -0.15) is 0 Å². The predicted molar refractivity (Wildman–Crippen MR) is 106 cm³/mol. The number of nitrogens with zero attached hydrogens (tertiary/aromatic N) is 3. The van der Waals surface area contributed by atoms with E-state index in [1.54, 1.807) is 13.2 Å². The second-order valence-corrected chi connectivity index (χ2v) is 7.18. The number of carbonyl (C=O) groups excluding carboxylic acids is 1. The van der Waals surface area contributed by atoms with Gasteiger partial charge >= 0.3 is 0 Å². The highest BCUT2D eigenvalue weighted by molar-refractivity contribution is 5.92. The molecule has 0 spiro atoms. The fourth-order valence-corrected chi connectivity index (χ4v) is 3.35. The van der Waals surface area contributed by atoms with E-state index in [4.69, 9.17) is 4.74 Å². The molecule has 1 aliphatic heterocycles. The fraction of sp³-hybridized carbons (Fsp3) is 0.476. The van der Waals surface area contributed by atoms with Gasteiger partial charge in [-0.3, -0.25) is 4.79 Å². The van der Waals surface area contributed by atoms with Crippen molar-refractivity contribution in [3.8, 4) is 5.75 Å². The van der Waals surface area contributed by atoms with Gasteiger partial charge in [0.25, 0.3) is 5.91 Å². The molecule has 0 unspecified atom stereocenters. The standard InChI is InChI=1S/C21H28N4O2/c1-15-9-12-25(13-10-15)20(26)18-14-16(2)23-21(24-18)22-11-8-17-6-4-5-7-19(17)27-3/h4-7,14-15H,8-13H2,1-3H3,(H,22,23,24). The molecule has 3 rings (SSSR count). The minimum Gasteiger partial charge on any atom is -0.496 e. The number of rotatable bonds is 6. The molecule has 0 bridgehead atoms. The molecule has 1 aromatic heterocycles. The third kappa shape index (κ3) is 4.96. The molecule has 2 heterocycles. The normalized spacial score (nSPS) is 14.9. The van der Waals surface area contributed by atoms with Crippen molar-refractivity contribution in [2.75, 3.05) is 32.1 Å². The molecule has 1 saturated heterocycles. The van der Waals surface area contributed by atoms with E-state index in [1.165, 1.54) is 0 Å². The number of benzene rings is 1. The highest BCUT2D eigenvalue weighted by Gasteiger charge is 2.23. The lowest BCUT2D eigenvalue weighted by Crippen LogP contribution is -2.38. The number of piperidine rings is 1. The molecule has 1 fully saturated rings. The average molecular weight is 368 g/mol. The maximum atomic E-state index is 12.8. The highest BCUT2D eigenvalue weighted by Crippen LogP contribution is 2.19. The van der Waals surface area contributed by atoms with Gasteiger partial charge in [-0.25, -0.2) is 9.97 Å². The van der Waals surface area contributed by atoms with Crippen molar-refractivity contribution in [1.82, 2.24) is 14.9 Å². The maximum Gasteiger partial charge on any atom is 0.272 e. The van der Waals surface area contributed by atoms with Gasteiger partial charge < -0.3 is 15.0 Å². The van der Waals surface area contributed by atoms with E-state index < -0.39 is 0 Å². The number of hydrogen-bond donors (Lipinski definition) is 1. The summed E-state index contributed by atoms with van der Waals surface area (Å²) >= 11 is 0. The molecular formula is C21H28N4O2. The van der Waals surface area contributed by atoms with E-state index >= 15 is 0 Å². The number of anilines is 1. The Bertz CT molecular complexity index is 786. The molecule has 2 aromatic rings. The Morgan fingerprint density at radius 2 is 2.00 bits per heavy atom. The van der Waals surface area contributed by atoms with E-state index in [1.807, 2.05) is 36.1 Å². The Morgan fingerprint density at radius 3 is 2.74 bits per heavy atom. The summed E-state index contributed by atoms with van der Waals surface area (Å²) in [6.07, 6.45) is 2.90. The number of amides is 1. The molecule has 1 aliphatic rings. The zero-order valence-corrected chi connectivity index (χ0v) is 16.4. The largest absolute Gasteiger partial charge is 0.496 e. The van der Waals surface area contributed by atoms with Crippen LogP contribution in [0.2, 0.25) is 0 Å². The van der Waals surface area contributed by atoms with Crippen molar-refractivity contribution in [1.29, 1.82) is 0 Å². The monoisotopic (exact) mass is 368 g/mol. The maximum absolute atomic E-state index is 12.8. The summed E-state index contributed by atoms with van der Waals surface area (Å²) < 4.78 is 5.38. The van der Waals surface area contributed by atoms with Gasteiger partial charge in [0.05, 0.1) is 7.11 Å². The van der Waals surface area contributed by atoms with Gasteiger partial charge in [-0.1, -0.05) is 25.1 Å². The van der Waals surface area contributed by atoms with Gasteiger partial charge in [-0.05, 0) is 49.8 Å². The number of carbonyl (C=O) groups is 1. The summed E-state index contributed by atoms with van der Waals surface area (Å²) in [7, 11) is 1.68. The van der Waals surface area contributed by atoms with Crippen LogP contribution in [-0.2, 0) is 6.42 Å². The van der Waals surface area contributed by atoms with Gasteiger partial charge in [0.15, 0.2) is 0 Å². The number of likely N-dealkylation sites (tertiary alicyclic amines) is 1. The third-order valence-corrected chi connectivity index (χ3v) is 5.01. The van der Waals surface area contributed by atoms with E-state index in [0.717, 1.165) is 49.4 Å². The molecule has 1 aromatic carbocycles. The number of aryl methyl sites for hydroxylation is 1. The van der Waals surface area contributed by atoms with Crippen molar-refractivity contribution in [3.63, 3.8) is 0 Å². The van der Waals surface area contributed by atoms with Crippen LogP contribution in [0.15, 0.2) is 30.3 Å². The minimum atomic E-state index is 0.000165. The Balaban J connectivity index is 1.64. The van der Waals surface area contributed by atoms with E-state index in [9.17, 15) is 4.79 Å². The molecule has 1 amide bonds. The lowest BCUT2D eigenvalue weighted by atomic mass is 9.99. The number of aromatic nitrogens is 2. The smallest absolute Gasteiger partial charge is 0.272 e. The highest BCUT2D eigenvalue weighted by atomic mass is 16.5. The van der Waals surface area contributed by atoms with Crippen LogP contribution in [0.5, 0.6) is 5.75 Å². The van der Waals surface area contributed by atoms with Crippen LogP contribution >= 0.6 is 0 Å². The summed E-state index contributed by atoms with van der Waals surface area (Å²) in [6.45, 7) is 6.40. The molecule has 1 N–H and O–H groups in total. The quantitative estimate of drug-likeness (QED) is 0.847. The van der Waals surface area contributed by atoms with Crippen molar-refractivity contribution in [3.05, 3.63) is 47.3 Å². The van der Waals surface area contributed by atoms with Gasteiger partial charge in [0, 0.05) is 25.3 Å². The molecule has 0 radical (unpaired) electrons. The Morgan fingerprint density at radius 1 is 1.26 bits per heavy atom. The zero-order valence-electron chi connectivity index (χ0n) is 16.4. The van der Waals surface area contributed by atoms with Crippen LogP contribution in [-0.4, -0.2) is 47.5 Å². The molecule has 0 saturated carbocycles.